The number of ketones is 3. The molecule has 230 valence electrons. The molecule has 3 saturated carbocycles. The predicted octanol–water partition coefficient (Wildman–Crippen LogP) is 4.30. The van der Waals surface area contributed by atoms with Crippen molar-refractivity contribution in [2.24, 2.45) is 28.6 Å². The molecule has 1 aliphatic heterocycles. The van der Waals surface area contributed by atoms with Gasteiger partial charge in [0.25, 0.3) is 0 Å². The van der Waals surface area contributed by atoms with E-state index in [1.54, 1.807) is 48.6 Å². The van der Waals surface area contributed by atoms with Crippen LogP contribution in [-0.4, -0.2) is 52.0 Å². The molecule has 4 aliphatic carbocycles. The molecule has 4 fully saturated rings. The van der Waals surface area contributed by atoms with Gasteiger partial charge in [0, 0.05) is 40.0 Å². The lowest BCUT2D eigenvalue weighted by atomic mass is 9.46. The normalized spacial score (nSPS) is 38.7. The second-order valence-electron chi connectivity index (χ2n) is 13.8. The van der Waals surface area contributed by atoms with Crippen molar-refractivity contribution in [2.45, 2.75) is 70.1 Å². The Morgan fingerprint density at radius 1 is 1.11 bits per heavy atom. The number of hydrogen-bond donors (Lipinski definition) is 3. The SMILES string of the molecule is C[C@]12C=CC(=O)C=C1CC[C@@H]1[C@@H]2[C@@H](O)C[C@@]2(C)[C@H]1C[C@H]1OC(c3ccc(C(=O)Cc4cccc(N)c4)cc3)O[C@]12C(=O)CO. The number of Topliss-reactive ketones (excluding diaryl/α,β-unsaturated/α-hetero) is 2. The van der Waals surface area contributed by atoms with Gasteiger partial charge in [0.15, 0.2) is 29.2 Å². The Kier molecular flexibility index (Phi) is 6.86. The molecule has 2 aromatic carbocycles. The minimum atomic E-state index is -1.42. The number of fused-ring (bicyclic) bond motifs is 7. The van der Waals surface area contributed by atoms with Crippen molar-refractivity contribution >= 4 is 23.0 Å². The van der Waals surface area contributed by atoms with Crippen LogP contribution in [0.1, 0.15) is 67.3 Å². The molecule has 8 heteroatoms. The van der Waals surface area contributed by atoms with E-state index in [1.165, 1.54) is 0 Å². The highest BCUT2D eigenvalue weighted by atomic mass is 16.7. The third-order valence-corrected chi connectivity index (χ3v) is 11.6. The maximum atomic E-state index is 13.7. The van der Waals surface area contributed by atoms with Crippen molar-refractivity contribution < 1.29 is 34.1 Å². The molecule has 1 unspecified atom stereocenters. The lowest BCUT2D eigenvalue weighted by Gasteiger charge is -2.59. The van der Waals surface area contributed by atoms with E-state index in [1.807, 2.05) is 25.1 Å². The Bertz CT molecular complexity index is 1600. The standard InChI is InChI=1S/C36H39NO7/c1-34-13-12-25(39)16-23(34)10-11-26-27-17-31-36(30(42)19-38,35(27,2)18-29(41)32(26)34)44-33(43-31)22-8-6-21(7-9-22)28(40)15-20-4-3-5-24(37)14-20/h3-9,12-14,16,26-27,29,31-33,38,41H,10-11,15,17-19,37H2,1-2H3/t26-,27-,29-,31+,32+,33?,34-,35-,36+/m0/s1. The maximum absolute atomic E-state index is 13.7. The average molecular weight is 598 g/mol. The van der Waals surface area contributed by atoms with Crippen molar-refractivity contribution in [1.82, 2.24) is 0 Å². The highest BCUT2D eigenvalue weighted by Gasteiger charge is 2.75. The Morgan fingerprint density at radius 3 is 2.61 bits per heavy atom. The topological polar surface area (TPSA) is 136 Å². The largest absolute Gasteiger partial charge is 0.399 e. The van der Waals surface area contributed by atoms with Gasteiger partial charge in [-0.1, -0.05) is 61.9 Å². The van der Waals surface area contributed by atoms with Gasteiger partial charge in [-0.05, 0) is 67.4 Å². The Balaban J connectivity index is 1.15. The number of carbonyl (C=O) groups is 3. The summed E-state index contributed by atoms with van der Waals surface area (Å²) in [5.41, 5.74) is 6.97. The lowest BCUT2D eigenvalue weighted by Crippen LogP contribution is -2.63. The number of ether oxygens (including phenoxy) is 2. The zero-order chi connectivity index (χ0) is 31.0. The highest BCUT2D eigenvalue weighted by Crippen LogP contribution is 2.70. The van der Waals surface area contributed by atoms with Crippen LogP contribution in [0.3, 0.4) is 0 Å². The summed E-state index contributed by atoms with van der Waals surface area (Å²) >= 11 is 0. The van der Waals surface area contributed by atoms with Crippen molar-refractivity contribution in [3.63, 3.8) is 0 Å². The van der Waals surface area contributed by atoms with E-state index in [4.69, 9.17) is 15.2 Å². The minimum Gasteiger partial charge on any atom is -0.399 e. The molecule has 0 amide bonds. The van der Waals surface area contributed by atoms with E-state index in [0.717, 1.165) is 24.0 Å². The first-order valence-electron chi connectivity index (χ1n) is 15.6. The molecule has 9 atom stereocenters. The molecular weight excluding hydrogens is 558 g/mol. The van der Waals surface area contributed by atoms with Crippen molar-refractivity contribution in [2.75, 3.05) is 12.3 Å². The number of benzene rings is 2. The molecule has 1 heterocycles. The molecule has 44 heavy (non-hydrogen) atoms. The van der Waals surface area contributed by atoms with Gasteiger partial charge < -0.3 is 25.4 Å². The number of rotatable bonds is 6. The van der Waals surface area contributed by atoms with Gasteiger partial charge in [-0.15, -0.1) is 0 Å². The summed E-state index contributed by atoms with van der Waals surface area (Å²) < 4.78 is 13.2. The molecule has 8 nitrogen and oxygen atoms in total. The van der Waals surface area contributed by atoms with Crippen LogP contribution >= 0.6 is 0 Å². The fourth-order valence-corrected chi connectivity index (χ4v) is 9.65. The zero-order valence-electron chi connectivity index (χ0n) is 25.1. The van der Waals surface area contributed by atoms with Gasteiger partial charge in [0.05, 0.1) is 12.2 Å². The molecule has 4 N–H and O–H groups in total. The molecular formula is C36H39NO7. The number of aliphatic hydroxyl groups excluding tert-OH is 2. The molecule has 5 aliphatic rings. The summed E-state index contributed by atoms with van der Waals surface area (Å²) in [5.74, 6) is -0.474. The van der Waals surface area contributed by atoms with Gasteiger partial charge in [-0.2, -0.15) is 0 Å². The van der Waals surface area contributed by atoms with E-state index >= 15 is 0 Å². The van der Waals surface area contributed by atoms with Crippen LogP contribution in [0.15, 0.2) is 72.3 Å². The van der Waals surface area contributed by atoms with Crippen LogP contribution in [0.25, 0.3) is 0 Å². The number of allylic oxidation sites excluding steroid dienone is 4. The average Bonchev–Trinajstić information content (AvgIpc) is 3.50. The predicted molar refractivity (Wildman–Crippen MR) is 162 cm³/mol. The monoisotopic (exact) mass is 597 g/mol. The summed E-state index contributed by atoms with van der Waals surface area (Å²) in [4.78, 5) is 38.8. The summed E-state index contributed by atoms with van der Waals surface area (Å²) in [6.07, 6.45) is 5.79. The fourth-order valence-electron chi connectivity index (χ4n) is 9.65. The van der Waals surface area contributed by atoms with Gasteiger partial charge in [-0.25, -0.2) is 0 Å². The van der Waals surface area contributed by atoms with E-state index in [2.05, 4.69) is 6.92 Å². The molecule has 2 aromatic rings. The first-order valence-corrected chi connectivity index (χ1v) is 15.6. The molecule has 1 saturated heterocycles. The Hall–Kier alpha value is -3.43. The van der Waals surface area contributed by atoms with Gasteiger partial charge >= 0.3 is 0 Å². The molecule has 0 spiro atoms. The minimum absolute atomic E-state index is 0.0134. The van der Waals surface area contributed by atoms with Crippen molar-refractivity contribution in [3.8, 4) is 0 Å². The van der Waals surface area contributed by atoms with Crippen LogP contribution in [0.5, 0.6) is 0 Å². The quantitative estimate of drug-likeness (QED) is 0.331. The second-order valence-corrected chi connectivity index (χ2v) is 13.8. The van der Waals surface area contributed by atoms with Gasteiger partial charge in [-0.3, -0.25) is 14.4 Å². The lowest BCUT2D eigenvalue weighted by molar-refractivity contribution is -0.201. The summed E-state index contributed by atoms with van der Waals surface area (Å²) in [6, 6.07) is 14.3. The van der Waals surface area contributed by atoms with Crippen molar-refractivity contribution in [3.05, 3.63) is 89.0 Å². The van der Waals surface area contributed by atoms with Crippen molar-refractivity contribution in [1.29, 1.82) is 0 Å². The van der Waals surface area contributed by atoms with Gasteiger partial charge in [0.1, 0.15) is 6.61 Å². The van der Waals surface area contributed by atoms with Crippen LogP contribution in [0, 0.1) is 28.6 Å². The third kappa shape index (κ3) is 4.15. The molecule has 0 radical (unpaired) electrons. The van der Waals surface area contributed by atoms with E-state index in [-0.39, 0.29) is 35.7 Å². The highest BCUT2D eigenvalue weighted by molar-refractivity contribution is 6.01. The summed E-state index contributed by atoms with van der Waals surface area (Å²) in [6.45, 7) is 3.44. The van der Waals surface area contributed by atoms with Gasteiger partial charge in [0.2, 0.25) is 0 Å². The van der Waals surface area contributed by atoms with Crippen LogP contribution in [0.2, 0.25) is 0 Å². The van der Waals surface area contributed by atoms with E-state index in [0.29, 0.717) is 29.7 Å². The molecule has 0 bridgehead atoms. The van der Waals surface area contributed by atoms with Crippen LogP contribution < -0.4 is 5.73 Å². The Morgan fingerprint density at radius 2 is 1.89 bits per heavy atom. The smallest absolute Gasteiger partial charge is 0.193 e. The molecule has 0 aromatic heterocycles. The van der Waals surface area contributed by atoms with Crippen LogP contribution in [0.4, 0.5) is 5.69 Å². The fraction of sp³-hybridized carbons (Fsp3) is 0.472. The number of hydrogen-bond acceptors (Lipinski definition) is 8. The number of carbonyl (C=O) groups excluding carboxylic acids is 3. The van der Waals surface area contributed by atoms with E-state index < -0.39 is 47.3 Å². The molecule has 7 rings (SSSR count). The Labute approximate surface area is 256 Å². The number of anilines is 1. The summed E-state index contributed by atoms with van der Waals surface area (Å²) in [7, 11) is 0. The first kappa shape index (κ1) is 29.3. The zero-order valence-corrected chi connectivity index (χ0v) is 25.1. The second kappa shape index (κ2) is 10.3. The maximum Gasteiger partial charge on any atom is 0.193 e. The van der Waals surface area contributed by atoms with E-state index in [9.17, 15) is 24.6 Å². The summed E-state index contributed by atoms with van der Waals surface area (Å²) in [5, 5.41) is 22.0. The van der Waals surface area contributed by atoms with Crippen LogP contribution in [-0.2, 0) is 25.5 Å². The number of nitrogen functional groups attached to an aromatic ring is 1. The number of aliphatic hydroxyl groups is 2. The first-order chi connectivity index (χ1) is 21.0. The third-order valence-electron chi connectivity index (χ3n) is 11.6. The number of nitrogens with two attached hydrogens (primary N) is 1.